The number of unbranched alkanes of at least 4 members (excludes halogenated alkanes) is 2. The third kappa shape index (κ3) is 7.16. The maximum Gasteiger partial charge on any atom is 0.217 e. The van der Waals surface area contributed by atoms with Gasteiger partial charge in [-0.15, -0.1) is 0 Å². The van der Waals surface area contributed by atoms with Gasteiger partial charge in [0.2, 0.25) is 21.7 Å². The minimum atomic E-state index is -3.72. The summed E-state index contributed by atoms with van der Waals surface area (Å²) in [6.07, 6.45) is 22.3. The molecule has 0 aromatic rings. The van der Waals surface area contributed by atoms with E-state index in [1.165, 1.54) is 13.8 Å². The van der Waals surface area contributed by atoms with Crippen molar-refractivity contribution in [2.75, 3.05) is 0 Å². The van der Waals surface area contributed by atoms with Crippen LogP contribution in [0.3, 0.4) is 0 Å². The number of carbonyl (C=O) groups excluding carboxylic acids is 2. The van der Waals surface area contributed by atoms with Gasteiger partial charge in [0.05, 0.1) is 20.9 Å². The lowest BCUT2D eigenvalue weighted by molar-refractivity contribution is -0.120. The van der Waals surface area contributed by atoms with E-state index in [1.807, 2.05) is 24.3 Å². The maximum atomic E-state index is 13.3. The number of allylic oxidation sites excluding steroid dienone is 4. The molecule has 2 aliphatic carbocycles. The minimum absolute atomic E-state index is 0.177. The molecule has 0 aromatic carbocycles. The molecule has 2 unspecified atom stereocenters. The molecule has 2 amide bonds. The number of sulfone groups is 1. The smallest absolute Gasteiger partial charge is 0.217 e. The molecule has 0 radical (unpaired) electrons. The number of nitrogens with one attached hydrogen (secondary N) is 2. The maximum absolute atomic E-state index is 13.3. The first-order valence-electron chi connectivity index (χ1n) is 11.5. The highest BCUT2D eigenvalue weighted by atomic mass is 32.2. The Hall–Kier alpha value is -2.67. The first kappa shape index (κ1) is 26.6. The van der Waals surface area contributed by atoms with Crippen LogP contribution in [0.25, 0.3) is 0 Å². The molecule has 2 atom stereocenters. The van der Waals surface area contributed by atoms with E-state index in [1.54, 1.807) is 36.5 Å². The van der Waals surface area contributed by atoms with Crippen LogP contribution in [-0.2, 0) is 19.4 Å². The molecule has 0 aromatic heterocycles. The van der Waals surface area contributed by atoms with Crippen LogP contribution in [0.2, 0.25) is 0 Å². The van der Waals surface area contributed by atoms with Gasteiger partial charge in [-0.2, -0.15) is 0 Å². The van der Waals surface area contributed by atoms with Crippen LogP contribution < -0.4 is 10.6 Å². The van der Waals surface area contributed by atoms with E-state index in [-0.39, 0.29) is 21.6 Å². The largest absolute Gasteiger partial charge is 0.344 e. The van der Waals surface area contributed by atoms with Gasteiger partial charge < -0.3 is 10.6 Å². The topological polar surface area (TPSA) is 92.3 Å². The highest BCUT2D eigenvalue weighted by Crippen LogP contribution is 2.32. The van der Waals surface area contributed by atoms with Crippen molar-refractivity contribution in [3.05, 3.63) is 70.6 Å². The third-order valence-electron chi connectivity index (χ3n) is 5.55. The van der Waals surface area contributed by atoms with Crippen LogP contribution in [-0.4, -0.2) is 31.3 Å². The molecule has 0 bridgehead atoms. The van der Waals surface area contributed by atoms with Gasteiger partial charge in [-0.3, -0.25) is 9.59 Å². The van der Waals surface area contributed by atoms with Crippen molar-refractivity contribution in [2.24, 2.45) is 0 Å². The Labute approximate surface area is 198 Å². The second-order valence-corrected chi connectivity index (χ2v) is 10.6. The summed E-state index contributed by atoms with van der Waals surface area (Å²) in [5.74, 6) is -0.354. The molecular formula is C26H36N2O4S. The Balaban J connectivity index is 2.25. The minimum Gasteiger partial charge on any atom is -0.344 e. The quantitative estimate of drug-likeness (QED) is 0.456. The highest BCUT2D eigenvalue weighted by molar-refractivity contribution is 7.99. The summed E-state index contributed by atoms with van der Waals surface area (Å²) in [5.41, 5.74) is -1.44. The summed E-state index contributed by atoms with van der Waals surface area (Å²) in [7, 11) is -3.72. The fourth-order valence-electron chi connectivity index (χ4n) is 3.90. The van der Waals surface area contributed by atoms with Gasteiger partial charge in [0.15, 0.2) is 0 Å². The van der Waals surface area contributed by atoms with E-state index in [0.717, 1.165) is 25.7 Å². The Morgan fingerprint density at radius 3 is 1.52 bits per heavy atom. The second-order valence-electron chi connectivity index (χ2n) is 8.62. The van der Waals surface area contributed by atoms with Crippen molar-refractivity contribution in [2.45, 2.75) is 77.3 Å². The summed E-state index contributed by atoms with van der Waals surface area (Å²) >= 11 is 0. The van der Waals surface area contributed by atoms with Gasteiger partial charge in [0.1, 0.15) is 0 Å². The SMILES string of the molecule is CCCC=CC1(NC(C)=O)C=CC(S(=O)(=O)C2=CCC(C=CCCC)(NC(C)=O)C=C2)=CC1. The molecular weight excluding hydrogens is 436 g/mol. The Morgan fingerprint density at radius 1 is 0.848 bits per heavy atom. The number of hydrogen-bond donors (Lipinski definition) is 2. The van der Waals surface area contributed by atoms with Crippen LogP contribution in [0.15, 0.2) is 70.6 Å². The molecule has 7 heteroatoms. The van der Waals surface area contributed by atoms with Crippen molar-refractivity contribution in [1.29, 1.82) is 0 Å². The monoisotopic (exact) mass is 472 g/mol. The van der Waals surface area contributed by atoms with E-state index in [0.29, 0.717) is 12.8 Å². The Morgan fingerprint density at radius 2 is 1.24 bits per heavy atom. The highest BCUT2D eigenvalue weighted by Gasteiger charge is 2.33. The molecule has 6 nitrogen and oxygen atoms in total. The zero-order valence-electron chi connectivity index (χ0n) is 20.1. The summed E-state index contributed by atoms with van der Waals surface area (Å²) in [6, 6.07) is 0. The summed E-state index contributed by atoms with van der Waals surface area (Å²) < 4.78 is 26.6. The lowest BCUT2D eigenvalue weighted by atomic mass is 9.90. The van der Waals surface area contributed by atoms with E-state index >= 15 is 0 Å². The van der Waals surface area contributed by atoms with Crippen molar-refractivity contribution in [3.8, 4) is 0 Å². The van der Waals surface area contributed by atoms with Gasteiger partial charge in [-0.1, -0.05) is 75.3 Å². The standard InChI is InChI=1S/C26H36N2O4S/c1-5-7-9-15-25(27-21(3)29)17-11-23(12-18-25)33(31,32)24-13-19-26(20-14-24,28-22(4)30)16-10-8-6-2/h9-17,19H,5-8,18,20H2,1-4H3,(H,27,29)(H,28,30). The number of amides is 2. The lowest BCUT2D eigenvalue weighted by Crippen LogP contribution is -2.45. The molecule has 2 N–H and O–H groups in total. The number of hydrogen-bond acceptors (Lipinski definition) is 4. The molecule has 0 saturated heterocycles. The fourth-order valence-corrected chi connectivity index (χ4v) is 5.27. The van der Waals surface area contributed by atoms with Crippen LogP contribution >= 0.6 is 0 Å². The average Bonchev–Trinajstić information content (AvgIpc) is 2.74. The van der Waals surface area contributed by atoms with E-state index in [2.05, 4.69) is 24.5 Å². The fraction of sp³-hybridized carbons (Fsp3) is 0.462. The van der Waals surface area contributed by atoms with Crippen molar-refractivity contribution in [1.82, 2.24) is 10.6 Å². The predicted molar refractivity (Wildman–Crippen MR) is 134 cm³/mol. The first-order valence-corrected chi connectivity index (χ1v) is 13.0. The van der Waals surface area contributed by atoms with Crippen LogP contribution in [0.4, 0.5) is 0 Å². The lowest BCUT2D eigenvalue weighted by Gasteiger charge is -2.31. The van der Waals surface area contributed by atoms with Gasteiger partial charge in [-0.05, 0) is 37.8 Å². The third-order valence-corrected chi connectivity index (χ3v) is 7.40. The molecule has 0 spiro atoms. The van der Waals surface area contributed by atoms with E-state index < -0.39 is 20.9 Å². The Kier molecular flexibility index (Phi) is 9.23. The van der Waals surface area contributed by atoms with Crippen LogP contribution in [0, 0.1) is 0 Å². The molecule has 0 saturated carbocycles. The van der Waals surface area contributed by atoms with Gasteiger partial charge in [0, 0.05) is 13.8 Å². The molecule has 0 aliphatic heterocycles. The molecule has 2 rings (SSSR count). The van der Waals surface area contributed by atoms with Crippen LogP contribution in [0.1, 0.15) is 66.2 Å². The van der Waals surface area contributed by atoms with Crippen molar-refractivity contribution < 1.29 is 18.0 Å². The van der Waals surface area contributed by atoms with E-state index in [4.69, 9.17) is 0 Å². The molecule has 180 valence electrons. The normalized spacial score (nSPS) is 25.2. The first-order chi connectivity index (χ1) is 15.6. The van der Waals surface area contributed by atoms with Crippen molar-refractivity contribution in [3.63, 3.8) is 0 Å². The Bertz CT molecular complexity index is 955. The van der Waals surface area contributed by atoms with Gasteiger partial charge in [0.25, 0.3) is 0 Å². The molecule has 0 heterocycles. The molecule has 0 fully saturated rings. The summed E-state index contributed by atoms with van der Waals surface area (Å²) in [5, 5.41) is 5.86. The number of carbonyl (C=O) groups is 2. The van der Waals surface area contributed by atoms with Gasteiger partial charge >= 0.3 is 0 Å². The van der Waals surface area contributed by atoms with Crippen molar-refractivity contribution >= 4 is 21.7 Å². The van der Waals surface area contributed by atoms with Crippen LogP contribution in [0.5, 0.6) is 0 Å². The average molecular weight is 473 g/mol. The van der Waals surface area contributed by atoms with E-state index in [9.17, 15) is 18.0 Å². The molecule has 33 heavy (non-hydrogen) atoms. The second kappa shape index (κ2) is 11.5. The summed E-state index contributed by atoms with van der Waals surface area (Å²) in [6.45, 7) is 7.05. The van der Waals surface area contributed by atoms with Gasteiger partial charge in [-0.25, -0.2) is 8.42 Å². The zero-order valence-corrected chi connectivity index (χ0v) is 20.9. The molecule has 2 aliphatic rings. The summed E-state index contributed by atoms with van der Waals surface area (Å²) in [4.78, 5) is 23.9. The zero-order chi connectivity index (χ0) is 24.5. The number of rotatable bonds is 10. The predicted octanol–water partition coefficient (Wildman–Crippen LogP) is 4.55.